The van der Waals surface area contributed by atoms with Crippen LogP contribution < -0.4 is 5.32 Å². The van der Waals surface area contributed by atoms with Gasteiger partial charge in [-0.15, -0.1) is 0 Å². The van der Waals surface area contributed by atoms with Crippen LogP contribution in [0, 0.1) is 0 Å². The normalized spacial score (nSPS) is 29.7. The molecule has 0 amide bonds. The molecule has 1 saturated carbocycles. The summed E-state index contributed by atoms with van der Waals surface area (Å²) in [5, 5.41) is 12.6. The van der Waals surface area contributed by atoms with E-state index in [4.69, 9.17) is 4.74 Å². The molecule has 3 unspecified atom stereocenters. The lowest BCUT2D eigenvalue weighted by Crippen LogP contribution is -2.51. The Morgan fingerprint density at radius 3 is 2.83 bits per heavy atom. The molecule has 18 heavy (non-hydrogen) atoms. The van der Waals surface area contributed by atoms with Gasteiger partial charge < -0.3 is 15.2 Å². The quantitative estimate of drug-likeness (QED) is 0.711. The van der Waals surface area contributed by atoms with E-state index in [1.54, 1.807) is 7.11 Å². The van der Waals surface area contributed by atoms with Crippen molar-refractivity contribution in [1.29, 1.82) is 0 Å². The van der Waals surface area contributed by atoms with Crippen LogP contribution in [0.25, 0.3) is 0 Å². The lowest BCUT2D eigenvalue weighted by molar-refractivity contribution is -0.144. The maximum atomic E-state index is 11.5. The molecule has 0 radical (unpaired) electrons. The minimum absolute atomic E-state index is 0.310. The number of aliphatic carboxylic acids is 1. The Labute approximate surface area is 109 Å². The zero-order valence-corrected chi connectivity index (χ0v) is 11.9. The van der Waals surface area contributed by atoms with Crippen molar-refractivity contribution in [2.75, 3.05) is 27.3 Å². The largest absolute Gasteiger partial charge is 0.480 e. The third kappa shape index (κ3) is 3.22. The summed E-state index contributed by atoms with van der Waals surface area (Å²) in [4.78, 5) is 13.7. The van der Waals surface area contributed by atoms with Gasteiger partial charge in [0, 0.05) is 19.2 Å². The summed E-state index contributed by atoms with van der Waals surface area (Å²) in [6.07, 6.45) is 2.29. The summed E-state index contributed by atoms with van der Waals surface area (Å²) < 4.78 is 5.16. The van der Waals surface area contributed by atoms with E-state index in [2.05, 4.69) is 24.2 Å². The van der Waals surface area contributed by atoms with E-state index in [1.807, 2.05) is 6.92 Å². The molecule has 1 fully saturated rings. The van der Waals surface area contributed by atoms with Crippen molar-refractivity contribution in [3.63, 3.8) is 0 Å². The molecule has 0 heterocycles. The van der Waals surface area contributed by atoms with Crippen molar-refractivity contribution >= 4 is 5.97 Å². The highest BCUT2D eigenvalue weighted by Crippen LogP contribution is 2.33. The minimum atomic E-state index is -0.736. The topological polar surface area (TPSA) is 61.8 Å². The van der Waals surface area contributed by atoms with E-state index in [0.29, 0.717) is 38.1 Å². The van der Waals surface area contributed by atoms with Crippen molar-refractivity contribution < 1.29 is 14.6 Å². The van der Waals surface area contributed by atoms with Crippen LogP contribution in [0.4, 0.5) is 0 Å². The number of carboxylic acid groups (broad SMARTS) is 1. The maximum Gasteiger partial charge on any atom is 0.323 e. The number of hydrogen-bond donors (Lipinski definition) is 2. The number of ether oxygens (including phenoxy) is 1. The van der Waals surface area contributed by atoms with Crippen molar-refractivity contribution in [2.24, 2.45) is 0 Å². The van der Waals surface area contributed by atoms with E-state index >= 15 is 0 Å². The predicted molar refractivity (Wildman–Crippen MR) is 70.8 cm³/mol. The molecule has 0 spiro atoms. The van der Waals surface area contributed by atoms with Crippen molar-refractivity contribution in [3.8, 4) is 0 Å². The number of hydrogen-bond acceptors (Lipinski definition) is 4. The van der Waals surface area contributed by atoms with Crippen LogP contribution in [-0.4, -0.2) is 60.9 Å². The third-order valence-corrected chi connectivity index (χ3v) is 4.09. The molecular formula is C13H26N2O3. The van der Waals surface area contributed by atoms with Gasteiger partial charge in [-0.05, 0) is 39.8 Å². The number of carbonyl (C=O) groups is 1. The number of likely N-dealkylation sites (N-methyl/N-ethyl adjacent to an activating group) is 2. The summed E-state index contributed by atoms with van der Waals surface area (Å²) in [6, 6.07) is 0.622. The first-order valence-electron chi connectivity index (χ1n) is 6.66. The van der Waals surface area contributed by atoms with Crippen LogP contribution in [-0.2, 0) is 9.53 Å². The molecule has 3 atom stereocenters. The fourth-order valence-electron chi connectivity index (χ4n) is 2.85. The van der Waals surface area contributed by atoms with Gasteiger partial charge in [0.05, 0.1) is 6.61 Å². The van der Waals surface area contributed by atoms with Gasteiger partial charge in [0.15, 0.2) is 0 Å². The molecule has 5 nitrogen and oxygen atoms in total. The number of rotatable bonds is 7. The van der Waals surface area contributed by atoms with E-state index in [1.165, 1.54) is 0 Å². The van der Waals surface area contributed by atoms with Crippen molar-refractivity contribution in [1.82, 2.24) is 10.2 Å². The molecule has 2 N–H and O–H groups in total. The highest BCUT2D eigenvalue weighted by Gasteiger charge is 2.46. The minimum Gasteiger partial charge on any atom is -0.480 e. The van der Waals surface area contributed by atoms with Gasteiger partial charge in [0.1, 0.15) is 5.54 Å². The van der Waals surface area contributed by atoms with Crippen molar-refractivity contribution in [2.45, 2.75) is 50.7 Å². The number of carboxylic acids is 1. The summed E-state index contributed by atoms with van der Waals surface area (Å²) in [6.45, 7) is 5.43. The zero-order valence-electron chi connectivity index (χ0n) is 11.9. The lowest BCUT2D eigenvalue weighted by Gasteiger charge is -2.32. The fourth-order valence-corrected chi connectivity index (χ4v) is 2.85. The SMILES string of the molecule is CCNC1(C(=O)O)CCC(N(C)C(C)COC)C1. The summed E-state index contributed by atoms with van der Waals surface area (Å²) in [5.74, 6) is -0.723. The van der Waals surface area contributed by atoms with Gasteiger partial charge in [-0.1, -0.05) is 6.92 Å². The van der Waals surface area contributed by atoms with Gasteiger partial charge in [-0.3, -0.25) is 9.69 Å². The smallest absolute Gasteiger partial charge is 0.323 e. The molecule has 5 heteroatoms. The standard InChI is InChI=1S/C13H26N2O3/c1-5-14-13(12(16)17)7-6-11(8-13)15(3)10(2)9-18-4/h10-11,14H,5-9H2,1-4H3,(H,16,17). The van der Waals surface area contributed by atoms with Gasteiger partial charge in [-0.25, -0.2) is 0 Å². The zero-order chi connectivity index (χ0) is 13.8. The molecule has 0 aromatic heterocycles. The molecule has 0 aromatic rings. The van der Waals surface area contributed by atoms with E-state index < -0.39 is 11.5 Å². The van der Waals surface area contributed by atoms with Gasteiger partial charge >= 0.3 is 5.97 Å². The maximum absolute atomic E-state index is 11.5. The Morgan fingerprint density at radius 2 is 2.33 bits per heavy atom. The Balaban J connectivity index is 2.65. The third-order valence-electron chi connectivity index (χ3n) is 4.09. The molecule has 1 rings (SSSR count). The van der Waals surface area contributed by atoms with Crippen LogP contribution in [0.3, 0.4) is 0 Å². The second-order valence-electron chi connectivity index (χ2n) is 5.28. The molecule has 0 aromatic carbocycles. The van der Waals surface area contributed by atoms with Gasteiger partial charge in [0.2, 0.25) is 0 Å². The molecule has 106 valence electrons. The predicted octanol–water partition coefficient (Wildman–Crippen LogP) is 0.939. The fraction of sp³-hybridized carbons (Fsp3) is 0.923. The van der Waals surface area contributed by atoms with Crippen molar-refractivity contribution in [3.05, 3.63) is 0 Å². The first-order valence-corrected chi connectivity index (χ1v) is 6.66. The second kappa shape index (κ2) is 6.50. The van der Waals surface area contributed by atoms with E-state index in [0.717, 1.165) is 6.42 Å². The van der Waals surface area contributed by atoms with Gasteiger partial charge in [0.25, 0.3) is 0 Å². The molecule has 0 bridgehead atoms. The Bertz CT molecular complexity index is 285. The second-order valence-corrected chi connectivity index (χ2v) is 5.28. The highest BCUT2D eigenvalue weighted by molar-refractivity contribution is 5.79. The average molecular weight is 258 g/mol. The molecule has 0 saturated heterocycles. The first-order chi connectivity index (χ1) is 8.46. The number of methoxy groups -OCH3 is 1. The Hall–Kier alpha value is -0.650. The highest BCUT2D eigenvalue weighted by atomic mass is 16.5. The number of nitrogens with one attached hydrogen (secondary N) is 1. The monoisotopic (exact) mass is 258 g/mol. The average Bonchev–Trinajstić information content (AvgIpc) is 2.74. The summed E-state index contributed by atoms with van der Waals surface area (Å²) in [5.41, 5.74) is -0.736. The molecule has 1 aliphatic rings. The van der Waals surface area contributed by atoms with E-state index in [9.17, 15) is 9.90 Å². The van der Waals surface area contributed by atoms with Crippen LogP contribution in [0.2, 0.25) is 0 Å². The summed E-state index contributed by atoms with van der Waals surface area (Å²) in [7, 11) is 3.75. The van der Waals surface area contributed by atoms with Crippen LogP contribution >= 0.6 is 0 Å². The molecule has 1 aliphatic carbocycles. The molecule has 0 aliphatic heterocycles. The van der Waals surface area contributed by atoms with Crippen LogP contribution in [0.5, 0.6) is 0 Å². The van der Waals surface area contributed by atoms with Crippen LogP contribution in [0.1, 0.15) is 33.1 Å². The van der Waals surface area contributed by atoms with E-state index in [-0.39, 0.29) is 0 Å². The number of nitrogens with zero attached hydrogens (tertiary/aromatic N) is 1. The van der Waals surface area contributed by atoms with Crippen LogP contribution in [0.15, 0.2) is 0 Å². The van der Waals surface area contributed by atoms with Gasteiger partial charge in [-0.2, -0.15) is 0 Å². The molecular weight excluding hydrogens is 232 g/mol. The first kappa shape index (κ1) is 15.4. The summed E-state index contributed by atoms with van der Waals surface area (Å²) >= 11 is 0. The lowest BCUT2D eigenvalue weighted by atomic mass is 9.97. The Kier molecular flexibility index (Phi) is 5.56. The Morgan fingerprint density at radius 1 is 1.67 bits per heavy atom.